The molecule has 0 radical (unpaired) electrons. The van der Waals surface area contributed by atoms with Gasteiger partial charge in [0.2, 0.25) is 11.8 Å². The summed E-state index contributed by atoms with van der Waals surface area (Å²) in [6.07, 6.45) is 3.05. The first-order chi connectivity index (χ1) is 12.6. The van der Waals surface area contributed by atoms with Gasteiger partial charge in [0, 0.05) is 24.2 Å². The first kappa shape index (κ1) is 16.8. The van der Waals surface area contributed by atoms with E-state index < -0.39 is 0 Å². The highest BCUT2D eigenvalue weighted by molar-refractivity contribution is 6.01. The zero-order chi connectivity index (χ0) is 18.3. The molecule has 6 heteroatoms. The summed E-state index contributed by atoms with van der Waals surface area (Å²) in [5.74, 6) is 0.772. The van der Waals surface area contributed by atoms with Crippen LogP contribution in [0.4, 0.5) is 5.69 Å². The van der Waals surface area contributed by atoms with Crippen molar-refractivity contribution in [3.05, 3.63) is 46.8 Å². The van der Waals surface area contributed by atoms with E-state index in [4.69, 9.17) is 4.52 Å². The van der Waals surface area contributed by atoms with Crippen molar-refractivity contribution in [1.82, 2.24) is 10.1 Å². The van der Waals surface area contributed by atoms with E-state index in [9.17, 15) is 9.59 Å². The molecule has 2 aliphatic rings. The Kier molecular flexibility index (Phi) is 4.26. The normalized spacial score (nSPS) is 19.8. The highest BCUT2D eigenvalue weighted by Crippen LogP contribution is 2.36. The molecule has 1 saturated heterocycles. The fourth-order valence-corrected chi connectivity index (χ4v) is 4.23. The monoisotopic (exact) mass is 353 g/mol. The third-order valence-electron chi connectivity index (χ3n) is 5.48. The minimum atomic E-state index is -0.0162. The van der Waals surface area contributed by atoms with Gasteiger partial charge >= 0.3 is 0 Å². The molecule has 1 aromatic heterocycles. The molecule has 0 N–H and O–H groups in total. The highest BCUT2D eigenvalue weighted by atomic mass is 16.5. The van der Waals surface area contributed by atoms with Crippen molar-refractivity contribution in [2.24, 2.45) is 0 Å². The molecule has 6 nitrogen and oxygen atoms in total. The summed E-state index contributed by atoms with van der Waals surface area (Å²) >= 11 is 0. The molecule has 2 aliphatic heterocycles. The number of rotatable bonds is 3. The molecule has 0 bridgehead atoms. The number of hydrogen-bond donors (Lipinski definition) is 0. The molecular formula is C20H23N3O3. The lowest BCUT2D eigenvalue weighted by Gasteiger charge is -2.32. The van der Waals surface area contributed by atoms with Gasteiger partial charge in [-0.3, -0.25) is 9.59 Å². The predicted octanol–water partition coefficient (Wildman–Crippen LogP) is 2.93. The zero-order valence-electron chi connectivity index (χ0n) is 15.2. The third kappa shape index (κ3) is 2.79. The average Bonchev–Trinajstić information content (AvgIpc) is 3.23. The summed E-state index contributed by atoms with van der Waals surface area (Å²) < 4.78 is 5.30. The number of aryl methyl sites for hydroxylation is 3. The van der Waals surface area contributed by atoms with E-state index in [0.29, 0.717) is 13.0 Å². The summed E-state index contributed by atoms with van der Waals surface area (Å²) in [4.78, 5) is 29.1. The van der Waals surface area contributed by atoms with Gasteiger partial charge in [0.15, 0.2) is 0 Å². The van der Waals surface area contributed by atoms with Crippen LogP contribution in [0.25, 0.3) is 0 Å². The molecule has 0 unspecified atom stereocenters. The molecule has 26 heavy (non-hydrogen) atoms. The average molecular weight is 353 g/mol. The summed E-state index contributed by atoms with van der Waals surface area (Å²) in [7, 11) is 0. The van der Waals surface area contributed by atoms with E-state index in [1.165, 1.54) is 0 Å². The number of anilines is 1. The summed E-state index contributed by atoms with van der Waals surface area (Å²) in [5.41, 5.74) is 3.85. The summed E-state index contributed by atoms with van der Waals surface area (Å²) in [6.45, 7) is 4.60. The lowest BCUT2D eigenvalue weighted by atomic mass is 10.0. The summed E-state index contributed by atoms with van der Waals surface area (Å²) in [6, 6.07) is 7.83. The highest BCUT2D eigenvalue weighted by Gasteiger charge is 2.35. The van der Waals surface area contributed by atoms with Crippen molar-refractivity contribution in [2.75, 3.05) is 18.0 Å². The largest absolute Gasteiger partial charge is 0.361 e. The van der Waals surface area contributed by atoms with Crippen molar-refractivity contribution in [3.63, 3.8) is 0 Å². The molecule has 0 aliphatic carbocycles. The summed E-state index contributed by atoms with van der Waals surface area (Å²) in [5, 5.41) is 4.03. The van der Waals surface area contributed by atoms with E-state index in [1.54, 1.807) is 4.90 Å². The van der Waals surface area contributed by atoms with Gasteiger partial charge in [0.05, 0.1) is 11.7 Å². The Hall–Kier alpha value is -2.63. The molecule has 1 fully saturated rings. The standard InChI is InChI=1S/C20H23N3O3/c1-13-20(14(2)26-21-13)17-8-5-11-22(17)19(25)12-23-16-7-4-3-6-15(16)9-10-18(23)24/h3-4,6-7,17H,5,8-12H2,1-2H3/t17-/m0/s1. The topological polar surface area (TPSA) is 66.7 Å². The number of fused-ring (bicyclic) bond motifs is 1. The SMILES string of the molecule is Cc1noc(C)c1[C@@H]1CCCN1C(=O)CN1C(=O)CCc2ccccc21. The number of amides is 2. The lowest BCUT2D eigenvalue weighted by molar-refractivity contribution is -0.132. The minimum Gasteiger partial charge on any atom is -0.361 e. The Bertz CT molecular complexity index is 838. The minimum absolute atomic E-state index is 0.0103. The molecule has 3 heterocycles. The number of benzene rings is 1. The van der Waals surface area contributed by atoms with Crippen molar-refractivity contribution in [1.29, 1.82) is 0 Å². The fraction of sp³-hybridized carbons (Fsp3) is 0.450. The predicted molar refractivity (Wildman–Crippen MR) is 96.8 cm³/mol. The first-order valence-electron chi connectivity index (χ1n) is 9.16. The van der Waals surface area contributed by atoms with Crippen LogP contribution in [0.5, 0.6) is 0 Å². The molecule has 1 aromatic carbocycles. The maximum atomic E-state index is 13.1. The third-order valence-corrected chi connectivity index (χ3v) is 5.48. The van der Waals surface area contributed by atoms with E-state index in [-0.39, 0.29) is 24.4 Å². The van der Waals surface area contributed by atoms with Crippen molar-refractivity contribution in [3.8, 4) is 0 Å². The number of likely N-dealkylation sites (tertiary alicyclic amines) is 1. The van der Waals surface area contributed by atoms with Gasteiger partial charge in [-0.15, -0.1) is 0 Å². The van der Waals surface area contributed by atoms with E-state index in [0.717, 1.165) is 47.5 Å². The zero-order valence-corrected chi connectivity index (χ0v) is 15.2. The van der Waals surface area contributed by atoms with E-state index >= 15 is 0 Å². The maximum Gasteiger partial charge on any atom is 0.243 e. The Morgan fingerprint density at radius 2 is 2.08 bits per heavy atom. The van der Waals surface area contributed by atoms with Gasteiger partial charge in [-0.2, -0.15) is 0 Å². The number of carbonyl (C=O) groups is 2. The number of carbonyl (C=O) groups excluding carboxylic acids is 2. The van der Waals surface area contributed by atoms with Crippen LogP contribution < -0.4 is 4.90 Å². The Labute approximate surface area is 152 Å². The molecule has 0 saturated carbocycles. The second-order valence-electron chi connectivity index (χ2n) is 7.09. The van der Waals surface area contributed by atoms with E-state index in [2.05, 4.69) is 5.16 Å². The van der Waals surface area contributed by atoms with Crippen LogP contribution in [-0.4, -0.2) is 35.0 Å². The van der Waals surface area contributed by atoms with Crippen LogP contribution in [0.1, 0.15) is 47.9 Å². The van der Waals surface area contributed by atoms with Crippen molar-refractivity contribution < 1.29 is 14.1 Å². The first-order valence-corrected chi connectivity index (χ1v) is 9.16. The Morgan fingerprint density at radius 3 is 2.85 bits per heavy atom. The molecule has 2 aromatic rings. The van der Waals surface area contributed by atoms with Gasteiger partial charge in [0.25, 0.3) is 0 Å². The molecular weight excluding hydrogens is 330 g/mol. The number of para-hydroxylation sites is 1. The van der Waals surface area contributed by atoms with Gasteiger partial charge < -0.3 is 14.3 Å². The lowest BCUT2D eigenvalue weighted by Crippen LogP contribution is -2.44. The van der Waals surface area contributed by atoms with Crippen LogP contribution in [0.15, 0.2) is 28.8 Å². The van der Waals surface area contributed by atoms with Crippen molar-refractivity contribution in [2.45, 2.75) is 45.6 Å². The molecule has 136 valence electrons. The number of nitrogens with zero attached hydrogens (tertiary/aromatic N) is 3. The van der Waals surface area contributed by atoms with Gasteiger partial charge in [0.1, 0.15) is 12.3 Å². The van der Waals surface area contributed by atoms with E-state index in [1.807, 2.05) is 43.0 Å². The maximum absolute atomic E-state index is 13.1. The Balaban J connectivity index is 1.57. The molecule has 2 amide bonds. The fourth-order valence-electron chi connectivity index (χ4n) is 4.23. The number of hydrogen-bond acceptors (Lipinski definition) is 4. The smallest absolute Gasteiger partial charge is 0.243 e. The molecule has 0 spiro atoms. The second-order valence-corrected chi connectivity index (χ2v) is 7.09. The second kappa shape index (κ2) is 6.59. The Morgan fingerprint density at radius 1 is 1.27 bits per heavy atom. The number of aromatic nitrogens is 1. The molecule has 4 rings (SSSR count). The quantitative estimate of drug-likeness (QED) is 0.851. The van der Waals surface area contributed by atoms with Crippen molar-refractivity contribution >= 4 is 17.5 Å². The van der Waals surface area contributed by atoms with Crippen LogP contribution >= 0.6 is 0 Å². The van der Waals surface area contributed by atoms with Crippen LogP contribution in [-0.2, 0) is 16.0 Å². The molecule has 1 atom stereocenters. The van der Waals surface area contributed by atoms with Crippen LogP contribution in [0, 0.1) is 13.8 Å². The van der Waals surface area contributed by atoms with Gasteiger partial charge in [-0.05, 0) is 44.7 Å². The van der Waals surface area contributed by atoms with Crippen LogP contribution in [0.3, 0.4) is 0 Å². The van der Waals surface area contributed by atoms with Crippen LogP contribution in [0.2, 0.25) is 0 Å². The van der Waals surface area contributed by atoms with Gasteiger partial charge in [-0.1, -0.05) is 23.4 Å². The van der Waals surface area contributed by atoms with Gasteiger partial charge in [-0.25, -0.2) is 0 Å².